The molecule has 0 atom stereocenters. The first-order chi connectivity index (χ1) is 13.2. The van der Waals surface area contributed by atoms with Crippen molar-refractivity contribution in [2.45, 2.75) is 19.8 Å². The van der Waals surface area contributed by atoms with Gasteiger partial charge in [-0.15, -0.1) is 0 Å². The first kappa shape index (κ1) is 18.2. The van der Waals surface area contributed by atoms with Gasteiger partial charge >= 0.3 is 5.97 Å². The smallest absolute Gasteiger partial charge is 0.343 e. The lowest BCUT2D eigenvalue weighted by Gasteiger charge is -2.07. The van der Waals surface area contributed by atoms with Crippen molar-refractivity contribution < 1.29 is 14.3 Å². The number of allylic oxidation sites excluding steroid dienone is 1. The number of rotatable bonds is 6. The zero-order valence-corrected chi connectivity index (χ0v) is 15.0. The Hall–Kier alpha value is -3.58. The van der Waals surface area contributed by atoms with E-state index in [-0.39, 0.29) is 0 Å². The number of hydrogen-bond acceptors (Lipinski definition) is 4. The predicted octanol–water partition coefficient (Wildman–Crippen LogP) is 5.62. The first-order valence-corrected chi connectivity index (χ1v) is 8.77. The van der Waals surface area contributed by atoms with Crippen LogP contribution in [0.3, 0.4) is 0 Å². The van der Waals surface area contributed by atoms with E-state index in [1.54, 1.807) is 42.7 Å². The second-order valence-corrected chi connectivity index (χ2v) is 6.03. The van der Waals surface area contributed by atoms with E-state index in [4.69, 9.17) is 14.7 Å². The number of ether oxygens (including phenoxy) is 2. The van der Waals surface area contributed by atoms with E-state index in [9.17, 15) is 4.79 Å². The van der Waals surface area contributed by atoms with Crippen LogP contribution in [0, 0.1) is 11.3 Å². The molecule has 0 fully saturated rings. The molecule has 0 heterocycles. The molecule has 27 heavy (non-hydrogen) atoms. The number of hydrogen-bond donors (Lipinski definition) is 0. The lowest BCUT2D eigenvalue weighted by molar-refractivity contribution is 0.0735. The molecule has 0 saturated heterocycles. The van der Waals surface area contributed by atoms with Gasteiger partial charge in [0.1, 0.15) is 11.5 Å². The standard InChI is InChI=1S/C23H19NO3/c1-2-3-4-13-26-22-12-9-18-14-20(8-7-19(18)15-22)23(25)27-21-10-5-17(16-24)6-11-21/h4-15H,2-3H2,1H3. The van der Waals surface area contributed by atoms with Crippen molar-refractivity contribution >= 4 is 16.7 Å². The van der Waals surface area contributed by atoms with Crippen LogP contribution in [0.5, 0.6) is 11.5 Å². The van der Waals surface area contributed by atoms with Gasteiger partial charge < -0.3 is 9.47 Å². The SMILES string of the molecule is CCCC=COc1ccc2cc(C(=O)Oc3ccc(C#N)cc3)ccc2c1. The maximum atomic E-state index is 12.4. The highest BCUT2D eigenvalue weighted by Crippen LogP contribution is 2.23. The molecule has 3 aromatic carbocycles. The van der Waals surface area contributed by atoms with Crippen LogP contribution in [0.25, 0.3) is 10.8 Å². The molecule has 4 nitrogen and oxygen atoms in total. The van der Waals surface area contributed by atoms with Gasteiger partial charge in [-0.25, -0.2) is 4.79 Å². The van der Waals surface area contributed by atoms with Crippen LogP contribution in [0.2, 0.25) is 0 Å². The van der Waals surface area contributed by atoms with Crippen molar-refractivity contribution in [3.05, 3.63) is 84.1 Å². The Kier molecular flexibility index (Phi) is 5.86. The third-order valence-electron chi connectivity index (χ3n) is 4.00. The predicted molar refractivity (Wildman–Crippen MR) is 105 cm³/mol. The number of esters is 1. The van der Waals surface area contributed by atoms with Gasteiger partial charge in [0.2, 0.25) is 0 Å². The van der Waals surface area contributed by atoms with Gasteiger partial charge in [0, 0.05) is 0 Å². The summed E-state index contributed by atoms with van der Waals surface area (Å²) in [5.41, 5.74) is 0.978. The Morgan fingerprint density at radius 1 is 1.00 bits per heavy atom. The largest absolute Gasteiger partial charge is 0.465 e. The summed E-state index contributed by atoms with van der Waals surface area (Å²) in [6.07, 6.45) is 5.76. The van der Waals surface area contributed by atoms with Gasteiger partial charge in [-0.3, -0.25) is 0 Å². The zero-order chi connectivity index (χ0) is 19.1. The number of nitrogens with zero attached hydrogens (tertiary/aromatic N) is 1. The Balaban J connectivity index is 1.73. The number of fused-ring (bicyclic) bond motifs is 1. The molecule has 0 spiro atoms. The van der Waals surface area contributed by atoms with Crippen LogP contribution in [-0.4, -0.2) is 5.97 Å². The number of unbranched alkanes of at least 4 members (excludes halogenated alkanes) is 1. The van der Waals surface area contributed by atoms with E-state index < -0.39 is 5.97 Å². The van der Waals surface area contributed by atoms with Crippen molar-refractivity contribution in [2.24, 2.45) is 0 Å². The van der Waals surface area contributed by atoms with E-state index in [2.05, 4.69) is 6.92 Å². The van der Waals surface area contributed by atoms with Crippen LogP contribution in [0.4, 0.5) is 0 Å². The van der Waals surface area contributed by atoms with E-state index in [1.165, 1.54) is 0 Å². The summed E-state index contributed by atoms with van der Waals surface area (Å²) in [7, 11) is 0. The van der Waals surface area contributed by atoms with Crippen LogP contribution in [-0.2, 0) is 0 Å². The molecule has 134 valence electrons. The summed E-state index contributed by atoms with van der Waals surface area (Å²) in [5, 5.41) is 10.7. The molecular formula is C23H19NO3. The summed E-state index contributed by atoms with van der Waals surface area (Å²) < 4.78 is 11.0. The molecule has 0 aliphatic heterocycles. The number of nitriles is 1. The van der Waals surface area contributed by atoms with Gasteiger partial charge in [-0.05, 0) is 71.8 Å². The molecule has 0 bridgehead atoms. The lowest BCUT2D eigenvalue weighted by atomic mass is 10.1. The van der Waals surface area contributed by atoms with Crippen LogP contribution in [0.1, 0.15) is 35.7 Å². The van der Waals surface area contributed by atoms with Gasteiger partial charge in [0.25, 0.3) is 0 Å². The molecule has 3 rings (SSSR count). The molecule has 0 aliphatic rings. The molecule has 0 radical (unpaired) electrons. The number of carbonyl (C=O) groups excluding carboxylic acids is 1. The lowest BCUT2D eigenvalue weighted by Crippen LogP contribution is -2.08. The molecule has 0 aliphatic carbocycles. The average Bonchev–Trinajstić information content (AvgIpc) is 2.71. The fourth-order valence-electron chi connectivity index (χ4n) is 2.55. The second kappa shape index (κ2) is 8.68. The monoisotopic (exact) mass is 357 g/mol. The van der Waals surface area contributed by atoms with Crippen molar-refractivity contribution in [1.29, 1.82) is 5.26 Å². The van der Waals surface area contributed by atoms with Gasteiger partial charge in [-0.2, -0.15) is 5.26 Å². The quantitative estimate of drug-likeness (QED) is 0.326. The maximum Gasteiger partial charge on any atom is 0.343 e. The first-order valence-electron chi connectivity index (χ1n) is 8.77. The molecule has 0 aromatic heterocycles. The Morgan fingerprint density at radius 3 is 2.44 bits per heavy atom. The minimum absolute atomic E-state index is 0.404. The molecule has 3 aromatic rings. The molecule has 0 amide bonds. The highest BCUT2D eigenvalue weighted by molar-refractivity contribution is 5.96. The minimum atomic E-state index is -0.440. The van der Waals surface area contributed by atoms with Gasteiger partial charge in [0.05, 0.1) is 23.5 Å². The van der Waals surface area contributed by atoms with Crippen LogP contribution < -0.4 is 9.47 Å². The maximum absolute atomic E-state index is 12.4. The average molecular weight is 357 g/mol. The summed E-state index contributed by atoms with van der Waals surface area (Å²) in [6, 6.07) is 19.6. The second-order valence-electron chi connectivity index (χ2n) is 6.03. The van der Waals surface area contributed by atoms with Gasteiger partial charge in [-0.1, -0.05) is 25.5 Å². The Morgan fingerprint density at radius 2 is 1.70 bits per heavy atom. The van der Waals surface area contributed by atoms with Crippen molar-refractivity contribution in [1.82, 2.24) is 0 Å². The minimum Gasteiger partial charge on any atom is -0.465 e. The molecule has 0 saturated carbocycles. The van der Waals surface area contributed by atoms with Crippen LogP contribution in [0.15, 0.2) is 73.0 Å². The summed E-state index contributed by atoms with van der Waals surface area (Å²) >= 11 is 0. The number of benzene rings is 3. The third-order valence-corrected chi connectivity index (χ3v) is 4.00. The summed E-state index contributed by atoms with van der Waals surface area (Å²) in [6.45, 7) is 2.12. The van der Waals surface area contributed by atoms with E-state index in [0.29, 0.717) is 16.9 Å². The topological polar surface area (TPSA) is 59.3 Å². The Labute approximate surface area is 158 Å². The fourth-order valence-corrected chi connectivity index (χ4v) is 2.55. The summed E-state index contributed by atoms with van der Waals surface area (Å²) in [5.74, 6) is 0.717. The van der Waals surface area contributed by atoms with Gasteiger partial charge in [0.15, 0.2) is 0 Å². The highest BCUT2D eigenvalue weighted by atomic mass is 16.5. The van der Waals surface area contributed by atoms with E-state index in [1.807, 2.05) is 36.4 Å². The Bertz CT molecular complexity index is 1010. The van der Waals surface area contributed by atoms with Crippen LogP contribution >= 0.6 is 0 Å². The normalized spacial score (nSPS) is 10.7. The fraction of sp³-hybridized carbons (Fsp3) is 0.130. The zero-order valence-electron chi connectivity index (χ0n) is 15.0. The van der Waals surface area contributed by atoms with Crippen molar-refractivity contribution in [3.8, 4) is 17.6 Å². The van der Waals surface area contributed by atoms with Crippen molar-refractivity contribution in [2.75, 3.05) is 0 Å². The van der Waals surface area contributed by atoms with E-state index >= 15 is 0 Å². The van der Waals surface area contributed by atoms with E-state index in [0.717, 1.165) is 29.4 Å². The number of carbonyl (C=O) groups is 1. The van der Waals surface area contributed by atoms with Crippen molar-refractivity contribution in [3.63, 3.8) is 0 Å². The molecular weight excluding hydrogens is 338 g/mol. The third kappa shape index (κ3) is 4.74. The highest BCUT2D eigenvalue weighted by Gasteiger charge is 2.10. The molecule has 4 heteroatoms. The molecule has 0 N–H and O–H groups in total. The molecule has 0 unspecified atom stereocenters. The summed E-state index contributed by atoms with van der Waals surface area (Å²) in [4.78, 5) is 12.4.